The number of hydrogen-bond acceptors (Lipinski definition) is 5. The molecule has 0 aromatic heterocycles. The SMILES string of the molecule is CCOc1ccc(OCC)c(NC(N)=NCCN2CCN(CC)CC2)c1. The maximum atomic E-state index is 6.07. The lowest BCUT2D eigenvalue weighted by Crippen LogP contribution is -2.46. The molecule has 7 nitrogen and oxygen atoms in total. The minimum absolute atomic E-state index is 0.395. The molecular weight excluding hydrogens is 330 g/mol. The Morgan fingerprint density at radius 1 is 1.08 bits per heavy atom. The fraction of sp³-hybridized carbons (Fsp3) is 0.632. The number of piperazine rings is 1. The number of hydrogen-bond donors (Lipinski definition) is 2. The summed E-state index contributed by atoms with van der Waals surface area (Å²) in [5, 5.41) is 3.14. The van der Waals surface area contributed by atoms with E-state index in [1.54, 1.807) is 0 Å². The zero-order valence-electron chi connectivity index (χ0n) is 16.3. The van der Waals surface area contributed by atoms with Crippen molar-refractivity contribution < 1.29 is 9.47 Å². The van der Waals surface area contributed by atoms with E-state index >= 15 is 0 Å². The van der Waals surface area contributed by atoms with Crippen LogP contribution in [0.3, 0.4) is 0 Å². The molecule has 1 heterocycles. The maximum Gasteiger partial charge on any atom is 0.193 e. The summed E-state index contributed by atoms with van der Waals surface area (Å²) in [6.45, 7) is 14.5. The van der Waals surface area contributed by atoms with E-state index in [0.29, 0.717) is 25.7 Å². The van der Waals surface area contributed by atoms with E-state index in [4.69, 9.17) is 15.2 Å². The Kier molecular flexibility index (Phi) is 8.50. The number of nitrogens with zero attached hydrogens (tertiary/aromatic N) is 3. The van der Waals surface area contributed by atoms with Gasteiger partial charge in [0.05, 0.1) is 25.4 Å². The van der Waals surface area contributed by atoms with Gasteiger partial charge in [-0.3, -0.25) is 9.89 Å². The van der Waals surface area contributed by atoms with Gasteiger partial charge in [-0.15, -0.1) is 0 Å². The smallest absolute Gasteiger partial charge is 0.193 e. The molecular formula is C19H33N5O2. The molecule has 0 saturated carbocycles. The van der Waals surface area contributed by atoms with Crippen LogP contribution in [0.4, 0.5) is 5.69 Å². The number of ether oxygens (including phenoxy) is 2. The fourth-order valence-electron chi connectivity index (χ4n) is 2.96. The van der Waals surface area contributed by atoms with Crippen molar-refractivity contribution in [2.75, 3.05) is 64.3 Å². The van der Waals surface area contributed by atoms with Gasteiger partial charge >= 0.3 is 0 Å². The highest BCUT2D eigenvalue weighted by molar-refractivity contribution is 5.94. The van der Waals surface area contributed by atoms with Gasteiger partial charge in [0.25, 0.3) is 0 Å². The molecule has 7 heteroatoms. The summed E-state index contributed by atoms with van der Waals surface area (Å²) in [4.78, 5) is 9.36. The second kappa shape index (κ2) is 10.9. The van der Waals surface area contributed by atoms with Crippen molar-refractivity contribution in [2.45, 2.75) is 20.8 Å². The van der Waals surface area contributed by atoms with E-state index < -0.39 is 0 Å². The van der Waals surface area contributed by atoms with E-state index in [9.17, 15) is 0 Å². The summed E-state index contributed by atoms with van der Waals surface area (Å²) in [5.41, 5.74) is 6.84. The van der Waals surface area contributed by atoms with Gasteiger partial charge in [0.15, 0.2) is 5.96 Å². The number of benzene rings is 1. The zero-order valence-corrected chi connectivity index (χ0v) is 16.3. The topological polar surface area (TPSA) is 75.3 Å². The first-order chi connectivity index (χ1) is 12.7. The lowest BCUT2D eigenvalue weighted by atomic mass is 10.2. The van der Waals surface area contributed by atoms with Gasteiger partial charge in [-0.2, -0.15) is 0 Å². The number of guanidine groups is 1. The maximum absolute atomic E-state index is 6.07. The second-order valence-electron chi connectivity index (χ2n) is 6.19. The van der Waals surface area contributed by atoms with Gasteiger partial charge in [0, 0.05) is 38.8 Å². The Labute approximate surface area is 157 Å². The number of nitrogens with one attached hydrogen (secondary N) is 1. The largest absolute Gasteiger partial charge is 0.494 e. The molecule has 1 aliphatic rings. The Balaban J connectivity index is 1.88. The first kappa shape index (κ1) is 20.3. The van der Waals surface area contributed by atoms with Gasteiger partial charge in [-0.25, -0.2) is 0 Å². The standard InChI is InChI=1S/C19H33N5O2/c1-4-23-11-13-24(14-12-23)10-9-21-19(20)22-17-15-16(25-5-2)7-8-18(17)26-6-3/h7-8,15H,4-6,9-14H2,1-3H3,(H3,20,21,22). The van der Waals surface area contributed by atoms with E-state index in [1.165, 1.54) is 0 Å². The normalized spacial score (nSPS) is 16.5. The number of nitrogens with two attached hydrogens (primary N) is 1. The second-order valence-corrected chi connectivity index (χ2v) is 6.19. The highest BCUT2D eigenvalue weighted by Gasteiger charge is 2.14. The van der Waals surface area contributed by atoms with Gasteiger partial charge in [-0.05, 0) is 32.5 Å². The van der Waals surface area contributed by atoms with Gasteiger partial charge in [-0.1, -0.05) is 6.92 Å². The number of rotatable bonds is 9. The number of anilines is 1. The first-order valence-electron chi connectivity index (χ1n) is 9.57. The van der Waals surface area contributed by atoms with Crippen LogP contribution in [-0.2, 0) is 0 Å². The number of aliphatic imine (C=N–C) groups is 1. The average molecular weight is 364 g/mol. The van der Waals surface area contributed by atoms with Crippen LogP contribution in [0.15, 0.2) is 23.2 Å². The van der Waals surface area contributed by atoms with Gasteiger partial charge in [0.1, 0.15) is 11.5 Å². The van der Waals surface area contributed by atoms with Crippen molar-refractivity contribution in [3.63, 3.8) is 0 Å². The Morgan fingerprint density at radius 2 is 1.77 bits per heavy atom. The van der Waals surface area contributed by atoms with Crippen molar-refractivity contribution in [1.82, 2.24) is 9.80 Å². The van der Waals surface area contributed by atoms with Crippen LogP contribution in [0.5, 0.6) is 11.5 Å². The lowest BCUT2D eigenvalue weighted by molar-refractivity contribution is 0.140. The summed E-state index contributed by atoms with van der Waals surface area (Å²) in [5.74, 6) is 1.91. The van der Waals surface area contributed by atoms with E-state index in [0.717, 1.165) is 56.5 Å². The van der Waals surface area contributed by atoms with Gasteiger partial charge in [0.2, 0.25) is 0 Å². The van der Waals surface area contributed by atoms with Crippen LogP contribution in [0, 0.1) is 0 Å². The van der Waals surface area contributed by atoms with E-state index in [2.05, 4.69) is 27.0 Å². The summed E-state index contributed by atoms with van der Waals surface area (Å²) < 4.78 is 11.2. The predicted octanol–water partition coefficient (Wildman–Crippen LogP) is 1.85. The molecule has 0 unspecified atom stereocenters. The molecule has 1 aromatic carbocycles. The monoisotopic (exact) mass is 363 g/mol. The molecule has 2 rings (SSSR count). The third kappa shape index (κ3) is 6.38. The molecule has 1 fully saturated rings. The third-order valence-electron chi connectivity index (χ3n) is 4.44. The predicted molar refractivity (Wildman–Crippen MR) is 107 cm³/mol. The van der Waals surface area contributed by atoms with Crippen molar-refractivity contribution in [3.05, 3.63) is 18.2 Å². The molecule has 0 radical (unpaired) electrons. The average Bonchev–Trinajstić information content (AvgIpc) is 2.65. The molecule has 0 amide bonds. The van der Waals surface area contributed by atoms with Crippen molar-refractivity contribution in [1.29, 1.82) is 0 Å². The molecule has 0 atom stereocenters. The number of likely N-dealkylation sites (N-methyl/N-ethyl adjacent to an activating group) is 1. The summed E-state index contributed by atoms with van der Waals surface area (Å²) >= 11 is 0. The van der Waals surface area contributed by atoms with E-state index in [-0.39, 0.29) is 0 Å². The third-order valence-corrected chi connectivity index (χ3v) is 4.44. The quantitative estimate of drug-likeness (QED) is 0.515. The fourth-order valence-corrected chi connectivity index (χ4v) is 2.96. The van der Waals surface area contributed by atoms with Crippen molar-refractivity contribution in [3.8, 4) is 11.5 Å². The highest BCUT2D eigenvalue weighted by atomic mass is 16.5. The van der Waals surface area contributed by atoms with Crippen LogP contribution >= 0.6 is 0 Å². The minimum Gasteiger partial charge on any atom is -0.494 e. The zero-order chi connectivity index (χ0) is 18.8. The molecule has 3 N–H and O–H groups in total. The molecule has 1 aromatic rings. The van der Waals surface area contributed by atoms with Crippen molar-refractivity contribution >= 4 is 11.6 Å². The van der Waals surface area contributed by atoms with Crippen LogP contribution in [0.1, 0.15) is 20.8 Å². The molecule has 146 valence electrons. The van der Waals surface area contributed by atoms with Crippen LogP contribution in [0.25, 0.3) is 0 Å². The lowest BCUT2D eigenvalue weighted by Gasteiger charge is -2.33. The Hall–Kier alpha value is -1.99. The molecule has 0 aliphatic carbocycles. The molecule has 0 bridgehead atoms. The van der Waals surface area contributed by atoms with Crippen LogP contribution in [-0.4, -0.2) is 74.8 Å². The minimum atomic E-state index is 0.395. The van der Waals surface area contributed by atoms with Crippen molar-refractivity contribution in [2.24, 2.45) is 10.7 Å². The molecule has 1 aliphatic heterocycles. The summed E-state index contributed by atoms with van der Waals surface area (Å²) in [6, 6.07) is 5.67. The Morgan fingerprint density at radius 3 is 2.42 bits per heavy atom. The van der Waals surface area contributed by atoms with Crippen LogP contribution < -0.4 is 20.5 Å². The van der Waals surface area contributed by atoms with Gasteiger partial charge < -0.3 is 25.4 Å². The van der Waals surface area contributed by atoms with Crippen LogP contribution in [0.2, 0.25) is 0 Å². The first-order valence-corrected chi connectivity index (χ1v) is 9.57. The molecule has 26 heavy (non-hydrogen) atoms. The Bertz CT molecular complexity index is 571. The molecule has 1 saturated heterocycles. The summed E-state index contributed by atoms with van der Waals surface area (Å²) in [6.07, 6.45) is 0. The summed E-state index contributed by atoms with van der Waals surface area (Å²) in [7, 11) is 0. The molecule has 0 spiro atoms. The van der Waals surface area contributed by atoms with E-state index in [1.807, 2.05) is 32.0 Å². The highest BCUT2D eigenvalue weighted by Crippen LogP contribution is 2.29.